The Labute approximate surface area is 192 Å². The van der Waals surface area contributed by atoms with Crippen LogP contribution >= 0.6 is 0 Å². The largest absolute Gasteiger partial charge is 0.493 e. The lowest BCUT2D eigenvalue weighted by atomic mass is 9.64. The normalized spacial score (nSPS) is 27.1. The average Bonchev–Trinajstić information content (AvgIpc) is 3.36. The third-order valence-corrected chi connectivity index (χ3v) is 7.46. The Morgan fingerprint density at radius 3 is 2.88 bits per heavy atom. The Morgan fingerprint density at radius 1 is 1.18 bits per heavy atom. The molecule has 7 heteroatoms. The summed E-state index contributed by atoms with van der Waals surface area (Å²) in [5, 5.41) is 0. The van der Waals surface area contributed by atoms with Crippen LogP contribution < -0.4 is 18.9 Å². The molecular formula is C26H27NO6. The number of nitrogens with zero attached hydrogens (tertiary/aromatic N) is 1. The molecule has 2 aromatic carbocycles. The number of fused-ring (bicyclic) bond motifs is 1. The van der Waals surface area contributed by atoms with Gasteiger partial charge in [0.05, 0.1) is 18.1 Å². The Kier molecular flexibility index (Phi) is 4.59. The minimum absolute atomic E-state index is 0.117. The van der Waals surface area contributed by atoms with Crippen LogP contribution in [0, 0.1) is 0 Å². The van der Waals surface area contributed by atoms with Gasteiger partial charge in [0.25, 0.3) is 0 Å². The van der Waals surface area contributed by atoms with Crippen molar-refractivity contribution in [3.8, 4) is 23.0 Å². The van der Waals surface area contributed by atoms with E-state index in [9.17, 15) is 4.79 Å². The minimum atomic E-state index is -0.382. The standard InChI is InChI=1S/C26H27NO6/c1-15-10-18(32-25(28)16-4-6-19-21(11-16)31-14-30-19)12-22-26(15)8-9-27(2)13-17-5-7-20(29-3)24(33-22)23(17)26/h4-7,10-11,18,22H,8-9,12-14H2,1-3H3/t18-,22?,26+/m0/s1. The summed E-state index contributed by atoms with van der Waals surface area (Å²) in [5.74, 6) is 2.42. The van der Waals surface area contributed by atoms with Gasteiger partial charge < -0.3 is 28.6 Å². The number of carbonyl (C=O) groups is 1. The van der Waals surface area contributed by atoms with Crippen LogP contribution in [0.25, 0.3) is 0 Å². The molecule has 7 nitrogen and oxygen atoms in total. The van der Waals surface area contributed by atoms with Crippen molar-refractivity contribution >= 4 is 5.97 Å². The van der Waals surface area contributed by atoms with E-state index in [0.29, 0.717) is 23.5 Å². The molecule has 1 spiro atoms. The molecule has 1 aliphatic carbocycles. The maximum atomic E-state index is 12.9. The van der Waals surface area contributed by atoms with Crippen molar-refractivity contribution in [2.24, 2.45) is 0 Å². The van der Waals surface area contributed by atoms with E-state index in [2.05, 4.69) is 31.0 Å². The molecule has 0 aromatic heterocycles. The fourth-order valence-electron chi connectivity index (χ4n) is 5.85. The summed E-state index contributed by atoms with van der Waals surface area (Å²) in [6.45, 7) is 4.14. The van der Waals surface area contributed by atoms with Crippen molar-refractivity contribution in [3.63, 3.8) is 0 Å². The molecular weight excluding hydrogens is 422 g/mol. The number of ether oxygens (including phenoxy) is 5. The van der Waals surface area contributed by atoms with Gasteiger partial charge in [-0.15, -0.1) is 0 Å². The van der Waals surface area contributed by atoms with E-state index < -0.39 is 0 Å². The predicted molar refractivity (Wildman–Crippen MR) is 120 cm³/mol. The fraction of sp³-hybridized carbons (Fsp3) is 0.423. The second kappa shape index (κ2) is 7.42. The van der Waals surface area contributed by atoms with Gasteiger partial charge in [0.1, 0.15) is 12.2 Å². The number of carbonyl (C=O) groups excluding carboxylic acids is 1. The Bertz CT molecular complexity index is 1170. The van der Waals surface area contributed by atoms with Gasteiger partial charge in [-0.1, -0.05) is 11.6 Å². The second-order valence-corrected chi connectivity index (χ2v) is 9.29. The first-order valence-electron chi connectivity index (χ1n) is 11.3. The summed E-state index contributed by atoms with van der Waals surface area (Å²) in [4.78, 5) is 15.3. The second-order valence-electron chi connectivity index (χ2n) is 9.29. The monoisotopic (exact) mass is 449 g/mol. The van der Waals surface area contributed by atoms with Crippen LogP contribution in [0.15, 0.2) is 42.0 Å². The zero-order chi connectivity index (χ0) is 22.7. The highest BCUT2D eigenvalue weighted by molar-refractivity contribution is 5.90. The average molecular weight is 450 g/mol. The van der Waals surface area contributed by atoms with Crippen molar-refractivity contribution < 1.29 is 28.5 Å². The van der Waals surface area contributed by atoms with Crippen molar-refractivity contribution in [3.05, 3.63) is 58.7 Å². The minimum Gasteiger partial charge on any atom is -0.493 e. The molecule has 0 radical (unpaired) electrons. The molecule has 0 fully saturated rings. The summed E-state index contributed by atoms with van der Waals surface area (Å²) in [5.41, 5.74) is 3.92. The highest BCUT2D eigenvalue weighted by Crippen LogP contribution is 2.58. The summed E-state index contributed by atoms with van der Waals surface area (Å²) < 4.78 is 28.9. The molecule has 3 heterocycles. The van der Waals surface area contributed by atoms with E-state index >= 15 is 0 Å². The van der Waals surface area contributed by atoms with Crippen molar-refractivity contribution in [2.45, 2.75) is 43.9 Å². The summed E-state index contributed by atoms with van der Waals surface area (Å²) in [6.07, 6.45) is 3.16. The van der Waals surface area contributed by atoms with Gasteiger partial charge in [0.2, 0.25) is 6.79 Å². The lowest BCUT2D eigenvalue weighted by Gasteiger charge is -2.40. The highest BCUT2D eigenvalue weighted by atomic mass is 16.7. The Morgan fingerprint density at radius 2 is 2.03 bits per heavy atom. The molecule has 0 amide bonds. The van der Waals surface area contributed by atoms with E-state index in [0.717, 1.165) is 31.0 Å². The lowest BCUT2D eigenvalue weighted by molar-refractivity contribution is 0.0201. The molecule has 0 saturated carbocycles. The van der Waals surface area contributed by atoms with Crippen molar-refractivity contribution in [2.75, 3.05) is 27.5 Å². The molecule has 4 aliphatic rings. The maximum absolute atomic E-state index is 12.9. The van der Waals surface area contributed by atoms with E-state index in [-0.39, 0.29) is 30.4 Å². The summed E-state index contributed by atoms with van der Waals surface area (Å²) in [6, 6.07) is 9.27. The molecule has 0 saturated heterocycles. The van der Waals surface area contributed by atoms with Crippen LogP contribution in [0.2, 0.25) is 0 Å². The summed E-state index contributed by atoms with van der Waals surface area (Å²) >= 11 is 0. The van der Waals surface area contributed by atoms with Crippen LogP contribution in [0.1, 0.15) is 41.3 Å². The number of hydrogen-bond donors (Lipinski definition) is 0. The lowest BCUT2D eigenvalue weighted by Crippen LogP contribution is -2.46. The zero-order valence-corrected chi connectivity index (χ0v) is 19.1. The van der Waals surface area contributed by atoms with Crippen LogP contribution in [0.5, 0.6) is 23.0 Å². The van der Waals surface area contributed by atoms with E-state index in [1.165, 1.54) is 16.7 Å². The molecule has 3 aliphatic heterocycles. The molecule has 1 unspecified atom stereocenters. The first-order valence-corrected chi connectivity index (χ1v) is 11.3. The third-order valence-electron chi connectivity index (χ3n) is 7.46. The Balaban J connectivity index is 1.33. The van der Waals surface area contributed by atoms with Gasteiger partial charge in [-0.25, -0.2) is 4.79 Å². The van der Waals surface area contributed by atoms with Crippen LogP contribution in [-0.4, -0.2) is 50.6 Å². The highest BCUT2D eigenvalue weighted by Gasteiger charge is 2.55. The first-order chi connectivity index (χ1) is 16.0. The van der Waals surface area contributed by atoms with Gasteiger partial charge in [0, 0.05) is 18.5 Å². The topological polar surface area (TPSA) is 66.5 Å². The molecule has 0 bridgehead atoms. The number of benzene rings is 2. The van der Waals surface area contributed by atoms with E-state index in [1.807, 2.05) is 6.07 Å². The quantitative estimate of drug-likeness (QED) is 0.521. The number of esters is 1. The number of rotatable bonds is 3. The molecule has 172 valence electrons. The van der Waals surface area contributed by atoms with Gasteiger partial charge in [0.15, 0.2) is 23.0 Å². The number of hydrogen-bond acceptors (Lipinski definition) is 7. The smallest absolute Gasteiger partial charge is 0.338 e. The maximum Gasteiger partial charge on any atom is 0.338 e. The SMILES string of the molecule is COc1ccc2c3c1OC1C[C@@H](OC(=O)c4ccc5c(c4)OCO5)C=C(C)[C@@]31CCN(C)C2. The van der Waals surface area contributed by atoms with Gasteiger partial charge in [-0.3, -0.25) is 0 Å². The van der Waals surface area contributed by atoms with Gasteiger partial charge in [-0.05, 0) is 62.8 Å². The van der Waals surface area contributed by atoms with Gasteiger partial charge >= 0.3 is 5.97 Å². The van der Waals surface area contributed by atoms with E-state index in [1.54, 1.807) is 25.3 Å². The van der Waals surface area contributed by atoms with Crippen LogP contribution in [0.4, 0.5) is 0 Å². The molecule has 33 heavy (non-hydrogen) atoms. The molecule has 2 aromatic rings. The van der Waals surface area contributed by atoms with Crippen molar-refractivity contribution in [1.82, 2.24) is 4.90 Å². The van der Waals surface area contributed by atoms with Crippen LogP contribution in [0.3, 0.4) is 0 Å². The molecule has 3 atom stereocenters. The first kappa shape index (κ1) is 20.4. The van der Waals surface area contributed by atoms with Gasteiger partial charge in [-0.2, -0.15) is 0 Å². The summed E-state index contributed by atoms with van der Waals surface area (Å²) in [7, 11) is 3.83. The fourth-order valence-corrected chi connectivity index (χ4v) is 5.85. The third kappa shape index (κ3) is 3.02. The Hall–Kier alpha value is -3.19. The van der Waals surface area contributed by atoms with Crippen molar-refractivity contribution in [1.29, 1.82) is 0 Å². The van der Waals surface area contributed by atoms with E-state index in [4.69, 9.17) is 23.7 Å². The van der Waals surface area contributed by atoms with Crippen LogP contribution in [-0.2, 0) is 16.7 Å². The zero-order valence-electron chi connectivity index (χ0n) is 19.1. The molecule has 6 rings (SSSR count). The number of methoxy groups -OCH3 is 1. The predicted octanol–water partition coefficient (Wildman–Crippen LogP) is 3.83. The molecule has 0 N–H and O–H groups in total.